The third-order valence-electron chi connectivity index (χ3n) is 4.28. The van der Waals surface area contributed by atoms with Crippen molar-refractivity contribution in [2.24, 2.45) is 11.8 Å². The van der Waals surface area contributed by atoms with E-state index < -0.39 is 0 Å². The third-order valence-corrected chi connectivity index (χ3v) is 4.28. The van der Waals surface area contributed by atoms with E-state index in [4.69, 9.17) is 0 Å². The monoisotopic (exact) mass is 230 g/mol. The van der Waals surface area contributed by atoms with E-state index in [0.717, 1.165) is 23.9 Å². The Morgan fingerprint density at radius 2 is 2.18 bits per heavy atom. The molecule has 0 spiro atoms. The number of nitrogens with zero attached hydrogens (tertiary/aromatic N) is 1. The predicted octanol–water partition coefficient (Wildman–Crippen LogP) is 2.04. The molecule has 3 unspecified atom stereocenters. The first-order chi connectivity index (χ1) is 8.34. The van der Waals surface area contributed by atoms with Crippen LogP contribution in [0.3, 0.4) is 0 Å². The number of hydrogen-bond acceptors (Lipinski definition) is 3. The molecule has 3 heteroatoms. The van der Waals surface area contributed by atoms with E-state index in [1.165, 1.54) is 19.3 Å². The Hall–Kier alpha value is -1.22. The first kappa shape index (κ1) is 10.9. The van der Waals surface area contributed by atoms with Gasteiger partial charge in [-0.2, -0.15) is 0 Å². The molecule has 0 radical (unpaired) electrons. The van der Waals surface area contributed by atoms with Crippen LogP contribution in [0.15, 0.2) is 24.5 Å². The summed E-state index contributed by atoms with van der Waals surface area (Å²) in [5.74, 6) is 1.81. The Labute approximate surface area is 102 Å². The number of nitrogens with one attached hydrogen (secondary N) is 1. The lowest BCUT2D eigenvalue weighted by Gasteiger charge is -2.17. The average molecular weight is 230 g/mol. The van der Waals surface area contributed by atoms with Gasteiger partial charge in [0.05, 0.1) is 0 Å². The summed E-state index contributed by atoms with van der Waals surface area (Å²) in [6.45, 7) is 1.11. The zero-order valence-electron chi connectivity index (χ0n) is 9.93. The molecule has 2 fully saturated rings. The van der Waals surface area contributed by atoms with Crippen molar-refractivity contribution in [3.63, 3.8) is 0 Å². The number of carbonyl (C=O) groups excluding carboxylic acids is 1. The van der Waals surface area contributed by atoms with E-state index in [1.807, 2.05) is 12.1 Å². The number of ketones is 1. The van der Waals surface area contributed by atoms with E-state index in [9.17, 15) is 4.79 Å². The lowest BCUT2D eigenvalue weighted by atomic mass is 9.90. The smallest absolute Gasteiger partial charge is 0.164 e. The Kier molecular flexibility index (Phi) is 2.93. The summed E-state index contributed by atoms with van der Waals surface area (Å²) >= 11 is 0. The number of fused-ring (bicyclic) bond motifs is 1. The molecule has 0 bridgehead atoms. The van der Waals surface area contributed by atoms with Crippen LogP contribution in [0, 0.1) is 11.8 Å². The van der Waals surface area contributed by atoms with Crippen LogP contribution >= 0.6 is 0 Å². The molecular formula is C14H18N2O. The molecule has 1 aromatic heterocycles. The fourth-order valence-electron chi connectivity index (χ4n) is 3.38. The molecule has 1 aliphatic carbocycles. The van der Waals surface area contributed by atoms with Crippen LogP contribution in [0.1, 0.15) is 36.0 Å². The summed E-state index contributed by atoms with van der Waals surface area (Å²) in [6, 6.07) is 4.02. The van der Waals surface area contributed by atoms with Crippen molar-refractivity contribution in [2.45, 2.75) is 31.7 Å². The summed E-state index contributed by atoms with van der Waals surface area (Å²) in [4.78, 5) is 16.1. The van der Waals surface area contributed by atoms with Crippen LogP contribution in [-0.4, -0.2) is 23.4 Å². The maximum absolute atomic E-state index is 12.1. The van der Waals surface area contributed by atoms with Gasteiger partial charge < -0.3 is 5.32 Å². The van der Waals surface area contributed by atoms with Crippen molar-refractivity contribution < 1.29 is 4.79 Å². The van der Waals surface area contributed by atoms with E-state index in [1.54, 1.807) is 12.4 Å². The van der Waals surface area contributed by atoms with Crippen LogP contribution in [0.25, 0.3) is 0 Å². The third kappa shape index (κ3) is 2.12. The van der Waals surface area contributed by atoms with Gasteiger partial charge in [-0.3, -0.25) is 9.78 Å². The standard InChI is InChI=1S/C14H18N2O/c17-14(10-4-6-15-7-5-10)8-13-12-3-1-2-11(12)9-16-13/h4-7,11-13,16H,1-3,8-9H2. The SMILES string of the molecule is O=C(CC1NCC2CCCC21)c1ccncc1. The van der Waals surface area contributed by atoms with Gasteiger partial charge in [0, 0.05) is 30.4 Å². The Bertz CT molecular complexity index is 404. The van der Waals surface area contributed by atoms with Gasteiger partial charge in [-0.05, 0) is 43.4 Å². The van der Waals surface area contributed by atoms with Gasteiger partial charge in [-0.15, -0.1) is 0 Å². The van der Waals surface area contributed by atoms with Gasteiger partial charge in [-0.25, -0.2) is 0 Å². The summed E-state index contributed by atoms with van der Waals surface area (Å²) in [5.41, 5.74) is 0.795. The highest BCUT2D eigenvalue weighted by Crippen LogP contribution is 2.38. The van der Waals surface area contributed by atoms with Crippen LogP contribution in [-0.2, 0) is 0 Å². The molecule has 1 N–H and O–H groups in total. The molecule has 1 aliphatic heterocycles. The highest BCUT2D eigenvalue weighted by atomic mass is 16.1. The Balaban J connectivity index is 1.66. The van der Waals surface area contributed by atoms with Gasteiger partial charge in [0.2, 0.25) is 0 Å². The largest absolute Gasteiger partial charge is 0.313 e. The molecule has 2 aliphatic rings. The zero-order valence-corrected chi connectivity index (χ0v) is 9.93. The van der Waals surface area contributed by atoms with Gasteiger partial charge in [0.15, 0.2) is 5.78 Å². The van der Waals surface area contributed by atoms with Gasteiger partial charge in [0.1, 0.15) is 0 Å². The Morgan fingerprint density at radius 3 is 3.00 bits per heavy atom. The molecule has 1 aromatic rings. The molecule has 2 heterocycles. The molecule has 90 valence electrons. The fraction of sp³-hybridized carbons (Fsp3) is 0.571. The first-order valence-corrected chi connectivity index (χ1v) is 6.51. The number of rotatable bonds is 3. The summed E-state index contributed by atoms with van der Waals surface area (Å²) in [5, 5.41) is 3.52. The summed E-state index contributed by atoms with van der Waals surface area (Å²) < 4.78 is 0. The van der Waals surface area contributed by atoms with E-state index in [-0.39, 0.29) is 5.78 Å². The van der Waals surface area contributed by atoms with E-state index in [2.05, 4.69) is 10.3 Å². The first-order valence-electron chi connectivity index (χ1n) is 6.51. The minimum atomic E-state index is 0.248. The van der Waals surface area contributed by atoms with Crippen molar-refractivity contribution in [2.75, 3.05) is 6.54 Å². The lowest BCUT2D eigenvalue weighted by molar-refractivity contribution is 0.0963. The zero-order chi connectivity index (χ0) is 11.7. The molecule has 0 aromatic carbocycles. The summed E-state index contributed by atoms with van der Waals surface area (Å²) in [7, 11) is 0. The quantitative estimate of drug-likeness (QED) is 0.808. The van der Waals surface area contributed by atoms with Crippen LogP contribution in [0.2, 0.25) is 0 Å². The van der Waals surface area contributed by atoms with Crippen molar-refractivity contribution in [1.82, 2.24) is 10.3 Å². The van der Waals surface area contributed by atoms with Gasteiger partial charge >= 0.3 is 0 Å². The topological polar surface area (TPSA) is 42.0 Å². The second kappa shape index (κ2) is 4.57. The van der Waals surface area contributed by atoms with Crippen LogP contribution in [0.4, 0.5) is 0 Å². The highest BCUT2D eigenvalue weighted by molar-refractivity contribution is 5.96. The predicted molar refractivity (Wildman–Crippen MR) is 65.8 cm³/mol. The maximum atomic E-state index is 12.1. The Morgan fingerprint density at radius 1 is 1.35 bits per heavy atom. The molecule has 3 rings (SSSR count). The molecule has 17 heavy (non-hydrogen) atoms. The van der Waals surface area contributed by atoms with Gasteiger partial charge in [0.25, 0.3) is 0 Å². The number of aromatic nitrogens is 1. The molecule has 0 amide bonds. The fourth-order valence-corrected chi connectivity index (χ4v) is 3.38. The minimum Gasteiger partial charge on any atom is -0.313 e. The van der Waals surface area contributed by atoms with E-state index >= 15 is 0 Å². The lowest BCUT2D eigenvalue weighted by Crippen LogP contribution is -2.29. The van der Waals surface area contributed by atoms with Crippen LogP contribution < -0.4 is 5.32 Å². The second-order valence-corrected chi connectivity index (χ2v) is 5.23. The normalized spacial score (nSPS) is 31.4. The van der Waals surface area contributed by atoms with Crippen molar-refractivity contribution >= 4 is 5.78 Å². The number of pyridine rings is 1. The van der Waals surface area contributed by atoms with E-state index in [0.29, 0.717) is 12.5 Å². The molecule has 1 saturated heterocycles. The highest BCUT2D eigenvalue weighted by Gasteiger charge is 2.39. The number of Topliss-reactive ketones (excluding diaryl/α,β-unsaturated/α-hetero) is 1. The summed E-state index contributed by atoms with van der Waals surface area (Å²) in [6.07, 6.45) is 8.01. The number of carbonyl (C=O) groups is 1. The van der Waals surface area contributed by atoms with Crippen molar-refractivity contribution in [1.29, 1.82) is 0 Å². The minimum absolute atomic E-state index is 0.248. The second-order valence-electron chi connectivity index (χ2n) is 5.23. The molecule has 1 saturated carbocycles. The van der Waals surface area contributed by atoms with Gasteiger partial charge in [-0.1, -0.05) is 6.42 Å². The van der Waals surface area contributed by atoms with Crippen LogP contribution in [0.5, 0.6) is 0 Å². The molecular weight excluding hydrogens is 212 g/mol. The van der Waals surface area contributed by atoms with Crippen molar-refractivity contribution in [3.8, 4) is 0 Å². The maximum Gasteiger partial charge on any atom is 0.164 e. The number of hydrogen-bond donors (Lipinski definition) is 1. The van der Waals surface area contributed by atoms with Crippen molar-refractivity contribution in [3.05, 3.63) is 30.1 Å². The molecule has 3 nitrogen and oxygen atoms in total. The molecule has 3 atom stereocenters. The average Bonchev–Trinajstić information content (AvgIpc) is 2.95.